The highest BCUT2D eigenvalue weighted by molar-refractivity contribution is 7.99. The molecule has 1 aliphatic heterocycles. The summed E-state index contributed by atoms with van der Waals surface area (Å²) < 4.78 is 15.8. The molecule has 2 aromatic rings. The van der Waals surface area contributed by atoms with E-state index in [-0.39, 0.29) is 12.7 Å². The largest absolute Gasteiger partial charge is 0.497 e. The van der Waals surface area contributed by atoms with Gasteiger partial charge in [-0.05, 0) is 41.8 Å². The van der Waals surface area contributed by atoms with E-state index in [9.17, 15) is 4.79 Å². The van der Waals surface area contributed by atoms with Gasteiger partial charge in [0.1, 0.15) is 5.75 Å². The number of fused-ring (bicyclic) bond motifs is 1. The van der Waals surface area contributed by atoms with Gasteiger partial charge in [-0.1, -0.05) is 18.2 Å². The SMILES string of the molecule is COc1ccc(CCNC(=O)CSCc2ccc3c(c2)OCO3)cc1. The maximum Gasteiger partial charge on any atom is 0.231 e. The molecule has 0 atom stereocenters. The standard InChI is InChI=1S/C19H21NO4S/c1-22-16-5-2-14(3-6-16)8-9-20-19(21)12-25-11-15-4-7-17-18(10-15)24-13-23-17/h2-7,10H,8-9,11-13H2,1H3,(H,20,21). The molecule has 0 fully saturated rings. The monoisotopic (exact) mass is 359 g/mol. The highest BCUT2D eigenvalue weighted by Crippen LogP contribution is 2.33. The third-order valence-corrected chi connectivity index (χ3v) is 4.84. The molecule has 0 saturated heterocycles. The van der Waals surface area contributed by atoms with Crippen molar-refractivity contribution in [2.45, 2.75) is 12.2 Å². The lowest BCUT2D eigenvalue weighted by Crippen LogP contribution is -2.27. The minimum Gasteiger partial charge on any atom is -0.497 e. The first-order valence-electron chi connectivity index (χ1n) is 8.10. The van der Waals surface area contributed by atoms with Crippen LogP contribution in [0.4, 0.5) is 0 Å². The Morgan fingerprint density at radius 2 is 1.88 bits per heavy atom. The minimum atomic E-state index is 0.0549. The van der Waals surface area contributed by atoms with Crippen LogP contribution in [0.5, 0.6) is 17.2 Å². The van der Waals surface area contributed by atoms with Crippen molar-refractivity contribution in [3.05, 3.63) is 53.6 Å². The molecular formula is C19H21NO4S. The lowest BCUT2D eigenvalue weighted by atomic mass is 10.1. The highest BCUT2D eigenvalue weighted by Gasteiger charge is 2.13. The number of hydrogen-bond donors (Lipinski definition) is 1. The molecule has 0 radical (unpaired) electrons. The van der Waals surface area contributed by atoms with E-state index in [1.54, 1.807) is 18.9 Å². The first-order valence-corrected chi connectivity index (χ1v) is 9.26. The van der Waals surface area contributed by atoms with Crippen LogP contribution in [-0.2, 0) is 17.0 Å². The lowest BCUT2D eigenvalue weighted by molar-refractivity contribution is -0.118. The number of ether oxygens (including phenoxy) is 3. The zero-order valence-electron chi connectivity index (χ0n) is 14.1. The number of nitrogens with one attached hydrogen (secondary N) is 1. The summed E-state index contributed by atoms with van der Waals surface area (Å²) in [5.74, 6) is 3.67. The number of methoxy groups -OCH3 is 1. The van der Waals surface area contributed by atoms with E-state index in [0.29, 0.717) is 12.3 Å². The zero-order chi connectivity index (χ0) is 17.5. The second-order valence-corrected chi connectivity index (χ2v) is 6.61. The molecule has 0 saturated carbocycles. The van der Waals surface area contributed by atoms with Crippen LogP contribution in [0.3, 0.4) is 0 Å². The van der Waals surface area contributed by atoms with Crippen LogP contribution < -0.4 is 19.5 Å². The fourth-order valence-electron chi connectivity index (χ4n) is 2.48. The maximum atomic E-state index is 11.9. The fourth-order valence-corrected chi connectivity index (χ4v) is 3.29. The van der Waals surface area contributed by atoms with E-state index in [0.717, 1.165) is 35.0 Å². The Morgan fingerprint density at radius 3 is 2.68 bits per heavy atom. The third kappa shape index (κ3) is 5.06. The molecular weight excluding hydrogens is 338 g/mol. The Morgan fingerprint density at radius 1 is 1.12 bits per heavy atom. The Bertz CT molecular complexity index is 718. The van der Waals surface area contributed by atoms with Crippen LogP contribution >= 0.6 is 11.8 Å². The van der Waals surface area contributed by atoms with Gasteiger partial charge in [0, 0.05) is 12.3 Å². The summed E-state index contributed by atoms with van der Waals surface area (Å²) in [4.78, 5) is 11.9. The van der Waals surface area contributed by atoms with Gasteiger partial charge in [-0.3, -0.25) is 4.79 Å². The molecule has 0 aliphatic carbocycles. The van der Waals surface area contributed by atoms with Crippen molar-refractivity contribution in [3.8, 4) is 17.2 Å². The van der Waals surface area contributed by atoms with Gasteiger partial charge in [-0.15, -0.1) is 11.8 Å². The van der Waals surface area contributed by atoms with Gasteiger partial charge in [0.05, 0.1) is 12.9 Å². The number of hydrogen-bond acceptors (Lipinski definition) is 5. The second kappa shape index (κ2) is 8.67. The molecule has 25 heavy (non-hydrogen) atoms. The third-order valence-electron chi connectivity index (χ3n) is 3.83. The Balaban J connectivity index is 1.34. The molecule has 2 aromatic carbocycles. The molecule has 1 N–H and O–H groups in total. The van der Waals surface area contributed by atoms with E-state index < -0.39 is 0 Å². The predicted molar refractivity (Wildman–Crippen MR) is 98.4 cm³/mol. The summed E-state index contributed by atoms with van der Waals surface area (Å²) in [6.07, 6.45) is 0.808. The summed E-state index contributed by atoms with van der Waals surface area (Å²) >= 11 is 1.59. The van der Waals surface area contributed by atoms with E-state index in [1.807, 2.05) is 42.5 Å². The highest BCUT2D eigenvalue weighted by atomic mass is 32.2. The molecule has 0 unspecified atom stereocenters. The Kier molecular flexibility index (Phi) is 6.06. The molecule has 5 nitrogen and oxygen atoms in total. The van der Waals surface area contributed by atoms with E-state index in [2.05, 4.69) is 5.32 Å². The molecule has 6 heteroatoms. The van der Waals surface area contributed by atoms with Gasteiger partial charge < -0.3 is 19.5 Å². The molecule has 0 aromatic heterocycles. The summed E-state index contributed by atoms with van der Waals surface area (Å²) in [7, 11) is 1.65. The van der Waals surface area contributed by atoms with Crippen molar-refractivity contribution in [2.24, 2.45) is 0 Å². The average molecular weight is 359 g/mol. The summed E-state index contributed by atoms with van der Waals surface area (Å²) in [6, 6.07) is 13.8. The Labute approximate surface area is 151 Å². The topological polar surface area (TPSA) is 56.8 Å². The van der Waals surface area contributed by atoms with Gasteiger partial charge in [0.25, 0.3) is 0 Å². The van der Waals surface area contributed by atoms with Crippen LogP contribution in [0, 0.1) is 0 Å². The van der Waals surface area contributed by atoms with E-state index >= 15 is 0 Å². The summed E-state index contributed by atoms with van der Waals surface area (Å²) in [5.41, 5.74) is 2.30. The number of carbonyl (C=O) groups is 1. The van der Waals surface area contributed by atoms with Crippen LogP contribution in [0.2, 0.25) is 0 Å². The van der Waals surface area contributed by atoms with Crippen molar-refractivity contribution in [2.75, 3.05) is 26.2 Å². The molecule has 3 rings (SSSR count). The Hall–Kier alpha value is -2.34. The molecule has 0 bridgehead atoms. The summed E-state index contributed by atoms with van der Waals surface area (Å²) in [6.45, 7) is 0.915. The van der Waals surface area contributed by atoms with Gasteiger partial charge in [0.2, 0.25) is 12.7 Å². The average Bonchev–Trinajstić information content (AvgIpc) is 3.10. The number of rotatable bonds is 8. The number of carbonyl (C=O) groups excluding carboxylic acids is 1. The molecule has 1 aliphatic rings. The molecule has 1 amide bonds. The van der Waals surface area contributed by atoms with Crippen molar-refractivity contribution >= 4 is 17.7 Å². The number of benzene rings is 2. The first kappa shape index (κ1) is 17.5. The minimum absolute atomic E-state index is 0.0549. The van der Waals surface area contributed by atoms with Gasteiger partial charge in [0.15, 0.2) is 11.5 Å². The van der Waals surface area contributed by atoms with Crippen molar-refractivity contribution in [3.63, 3.8) is 0 Å². The van der Waals surface area contributed by atoms with Gasteiger partial charge >= 0.3 is 0 Å². The lowest BCUT2D eigenvalue weighted by Gasteiger charge is -2.07. The van der Waals surface area contributed by atoms with Crippen LogP contribution in [-0.4, -0.2) is 32.1 Å². The van der Waals surface area contributed by atoms with Crippen LogP contribution in [0.25, 0.3) is 0 Å². The smallest absolute Gasteiger partial charge is 0.231 e. The van der Waals surface area contributed by atoms with Crippen molar-refractivity contribution in [1.29, 1.82) is 0 Å². The van der Waals surface area contributed by atoms with Gasteiger partial charge in [-0.2, -0.15) is 0 Å². The zero-order valence-corrected chi connectivity index (χ0v) is 14.9. The van der Waals surface area contributed by atoms with Crippen molar-refractivity contribution in [1.82, 2.24) is 5.32 Å². The normalized spacial score (nSPS) is 12.0. The van der Waals surface area contributed by atoms with Crippen LogP contribution in [0.1, 0.15) is 11.1 Å². The molecule has 132 valence electrons. The fraction of sp³-hybridized carbons (Fsp3) is 0.316. The molecule has 0 spiro atoms. The molecule has 1 heterocycles. The van der Waals surface area contributed by atoms with Gasteiger partial charge in [-0.25, -0.2) is 0 Å². The second-order valence-electron chi connectivity index (χ2n) is 5.63. The van der Waals surface area contributed by atoms with Crippen molar-refractivity contribution < 1.29 is 19.0 Å². The summed E-state index contributed by atoms with van der Waals surface area (Å²) in [5, 5.41) is 2.95. The van der Waals surface area contributed by atoms with E-state index in [4.69, 9.17) is 14.2 Å². The number of thioether (sulfide) groups is 1. The van der Waals surface area contributed by atoms with Crippen LogP contribution in [0.15, 0.2) is 42.5 Å². The maximum absolute atomic E-state index is 11.9. The first-order chi connectivity index (χ1) is 12.2. The predicted octanol–water partition coefficient (Wildman–Crippen LogP) is 3.02. The quantitative estimate of drug-likeness (QED) is 0.785. The number of amides is 1. The van der Waals surface area contributed by atoms with E-state index in [1.165, 1.54) is 5.56 Å².